The van der Waals surface area contributed by atoms with Crippen molar-refractivity contribution in [2.75, 3.05) is 40.0 Å². The summed E-state index contributed by atoms with van der Waals surface area (Å²) < 4.78 is 11.2. The number of esters is 1. The summed E-state index contributed by atoms with van der Waals surface area (Å²) in [4.78, 5) is 39.8. The molecule has 0 spiro atoms. The van der Waals surface area contributed by atoms with Gasteiger partial charge in [-0.25, -0.2) is 4.79 Å². The van der Waals surface area contributed by atoms with Crippen LogP contribution in [0.1, 0.15) is 55.7 Å². The zero-order chi connectivity index (χ0) is 33.6. The van der Waals surface area contributed by atoms with Gasteiger partial charge in [-0.2, -0.15) is 0 Å². The number of nitrogens with zero attached hydrogens (tertiary/aromatic N) is 2. The van der Waals surface area contributed by atoms with Gasteiger partial charge in [-0.15, -0.1) is 0 Å². The highest BCUT2D eigenvalue weighted by molar-refractivity contribution is 5.94. The average molecular weight is 642 g/mol. The summed E-state index contributed by atoms with van der Waals surface area (Å²) in [5.41, 5.74) is 1.85. The number of hydrogen-bond acceptors (Lipinski definition) is 8. The molecule has 3 unspecified atom stereocenters. The SMILES string of the molecule is COC(=O)C1=C(C)NC(C)C(CCOCCN2CCC(c3ccccc3)(c3ccccc3)CC2)(C(=O)O)C1c1cccc([N+](=O)[O-])c1. The van der Waals surface area contributed by atoms with Crippen molar-refractivity contribution < 1.29 is 29.1 Å². The maximum Gasteiger partial charge on any atom is 0.336 e. The number of benzene rings is 3. The van der Waals surface area contributed by atoms with E-state index in [-0.39, 0.29) is 29.7 Å². The first-order valence-electron chi connectivity index (χ1n) is 16.1. The van der Waals surface area contributed by atoms with Gasteiger partial charge in [-0.3, -0.25) is 14.9 Å². The fourth-order valence-electron chi connectivity index (χ4n) is 7.65. The van der Waals surface area contributed by atoms with E-state index < -0.39 is 34.2 Å². The summed E-state index contributed by atoms with van der Waals surface area (Å²) >= 11 is 0. The lowest BCUT2D eigenvalue weighted by molar-refractivity contribution is -0.384. The van der Waals surface area contributed by atoms with Gasteiger partial charge in [0.1, 0.15) is 5.41 Å². The van der Waals surface area contributed by atoms with E-state index in [1.165, 1.54) is 36.4 Å². The number of likely N-dealkylation sites (tertiary alicyclic amines) is 1. The summed E-state index contributed by atoms with van der Waals surface area (Å²) in [6, 6.07) is 26.6. The van der Waals surface area contributed by atoms with Crippen molar-refractivity contribution in [3.63, 3.8) is 0 Å². The number of allylic oxidation sites excluding steroid dienone is 1. The number of ether oxygens (including phenoxy) is 2. The van der Waals surface area contributed by atoms with Crippen LogP contribution in [0.25, 0.3) is 0 Å². The quantitative estimate of drug-likeness (QED) is 0.111. The van der Waals surface area contributed by atoms with Crippen molar-refractivity contribution in [2.45, 2.75) is 50.5 Å². The van der Waals surface area contributed by atoms with Crippen LogP contribution in [0.5, 0.6) is 0 Å². The molecule has 5 rings (SSSR count). The number of nitro groups is 1. The number of hydrogen-bond donors (Lipinski definition) is 2. The van der Waals surface area contributed by atoms with Crippen molar-refractivity contribution >= 4 is 17.6 Å². The van der Waals surface area contributed by atoms with Gasteiger partial charge in [-0.1, -0.05) is 72.8 Å². The van der Waals surface area contributed by atoms with E-state index in [0.29, 0.717) is 24.4 Å². The zero-order valence-electron chi connectivity index (χ0n) is 27.2. The van der Waals surface area contributed by atoms with E-state index in [2.05, 4.69) is 58.7 Å². The van der Waals surface area contributed by atoms with Gasteiger partial charge in [-0.05, 0) is 62.9 Å². The average Bonchev–Trinajstić information content (AvgIpc) is 3.09. The summed E-state index contributed by atoms with van der Waals surface area (Å²) in [5.74, 6) is -2.81. The Balaban J connectivity index is 1.29. The Hall–Kier alpha value is -4.54. The number of carboxylic acid groups (broad SMARTS) is 1. The highest BCUT2D eigenvalue weighted by Crippen LogP contribution is 2.51. The van der Waals surface area contributed by atoms with Gasteiger partial charge in [0.15, 0.2) is 0 Å². The molecule has 1 fully saturated rings. The van der Waals surface area contributed by atoms with Crippen LogP contribution in [-0.2, 0) is 24.5 Å². The maximum atomic E-state index is 13.2. The Morgan fingerprint density at radius 3 is 2.15 bits per heavy atom. The third-order valence-electron chi connectivity index (χ3n) is 10.2. The van der Waals surface area contributed by atoms with E-state index in [1.54, 1.807) is 19.9 Å². The van der Waals surface area contributed by atoms with Crippen LogP contribution >= 0.6 is 0 Å². The van der Waals surface area contributed by atoms with Crippen LogP contribution in [0.4, 0.5) is 5.69 Å². The van der Waals surface area contributed by atoms with Crippen LogP contribution in [-0.4, -0.2) is 72.9 Å². The lowest BCUT2D eigenvalue weighted by Gasteiger charge is -2.47. The van der Waals surface area contributed by atoms with Crippen LogP contribution in [0, 0.1) is 15.5 Å². The standard InChI is InChI=1S/C37H43N3O7/c1-26-32(34(41)46-3)33(28-11-10-16-31(25-28)40(44)45)37(35(42)43,27(2)38-26)19-23-47-24-22-39-20-17-36(18-21-39,29-12-6-4-7-13-29)30-14-8-5-9-15-30/h4-16,25,27,33,38H,17-24H2,1-3H3,(H,42,43). The first-order valence-corrected chi connectivity index (χ1v) is 16.1. The second-order valence-corrected chi connectivity index (χ2v) is 12.5. The van der Waals surface area contributed by atoms with Gasteiger partial charge < -0.3 is 24.8 Å². The molecule has 0 aliphatic carbocycles. The first kappa shape index (κ1) is 33.8. The summed E-state index contributed by atoms with van der Waals surface area (Å²) in [5, 5.41) is 25.6. The number of nitrogens with one attached hydrogen (secondary N) is 1. The van der Waals surface area contributed by atoms with Crippen molar-refractivity contribution in [3.05, 3.63) is 123 Å². The molecule has 2 aliphatic rings. The minimum absolute atomic E-state index is 0.0532. The molecule has 10 heteroatoms. The van der Waals surface area contributed by atoms with Crippen LogP contribution in [0.15, 0.2) is 96.2 Å². The molecule has 2 heterocycles. The minimum atomic E-state index is -1.55. The van der Waals surface area contributed by atoms with Crippen LogP contribution in [0.2, 0.25) is 0 Å². The van der Waals surface area contributed by atoms with Crippen LogP contribution in [0.3, 0.4) is 0 Å². The molecular weight excluding hydrogens is 598 g/mol. The molecule has 2 N–H and O–H groups in total. The maximum absolute atomic E-state index is 13.2. The molecule has 0 bridgehead atoms. The highest BCUT2D eigenvalue weighted by atomic mass is 16.6. The third kappa shape index (κ3) is 6.66. The third-order valence-corrected chi connectivity index (χ3v) is 10.2. The molecule has 0 saturated carbocycles. The Morgan fingerprint density at radius 2 is 1.60 bits per heavy atom. The van der Waals surface area contributed by atoms with Gasteiger partial charge in [0.2, 0.25) is 0 Å². The Labute approximate surface area is 275 Å². The van der Waals surface area contributed by atoms with E-state index in [9.17, 15) is 24.8 Å². The summed E-state index contributed by atoms with van der Waals surface area (Å²) in [7, 11) is 1.24. The molecular formula is C37H43N3O7. The summed E-state index contributed by atoms with van der Waals surface area (Å²) in [6.07, 6.45) is 2.02. The molecule has 0 aromatic heterocycles. The van der Waals surface area contributed by atoms with Crippen LogP contribution < -0.4 is 5.32 Å². The Bertz CT molecular complexity index is 1560. The van der Waals surface area contributed by atoms with E-state index in [4.69, 9.17) is 9.47 Å². The normalized spacial score (nSPS) is 22.7. The molecule has 0 amide bonds. The number of aliphatic carboxylic acids is 1. The fourth-order valence-corrected chi connectivity index (χ4v) is 7.65. The van der Waals surface area contributed by atoms with E-state index >= 15 is 0 Å². The largest absolute Gasteiger partial charge is 0.481 e. The lowest BCUT2D eigenvalue weighted by atomic mass is 9.60. The molecule has 10 nitrogen and oxygen atoms in total. The van der Waals surface area contributed by atoms with E-state index in [1.807, 2.05) is 12.1 Å². The van der Waals surface area contributed by atoms with E-state index in [0.717, 1.165) is 25.9 Å². The first-order chi connectivity index (χ1) is 22.6. The topological polar surface area (TPSA) is 131 Å². The number of carbonyl (C=O) groups excluding carboxylic acids is 1. The molecule has 3 atom stereocenters. The Kier molecular flexibility index (Phi) is 10.4. The van der Waals surface area contributed by atoms with Crippen molar-refractivity contribution in [1.29, 1.82) is 0 Å². The molecule has 3 aromatic carbocycles. The zero-order valence-corrected chi connectivity index (χ0v) is 27.2. The monoisotopic (exact) mass is 641 g/mol. The van der Waals surface area contributed by atoms with Crippen molar-refractivity contribution in [3.8, 4) is 0 Å². The number of piperidine rings is 1. The second kappa shape index (κ2) is 14.5. The lowest BCUT2D eigenvalue weighted by Crippen LogP contribution is -2.57. The summed E-state index contributed by atoms with van der Waals surface area (Å²) in [6.45, 7) is 6.50. The van der Waals surface area contributed by atoms with Gasteiger partial charge in [0.05, 0.1) is 24.2 Å². The number of methoxy groups -OCH3 is 1. The van der Waals surface area contributed by atoms with Crippen molar-refractivity contribution in [1.82, 2.24) is 10.2 Å². The number of carbonyl (C=O) groups is 2. The molecule has 0 radical (unpaired) electrons. The van der Waals surface area contributed by atoms with Crippen molar-refractivity contribution in [2.24, 2.45) is 5.41 Å². The number of rotatable bonds is 12. The molecule has 3 aromatic rings. The van der Waals surface area contributed by atoms with Gasteiger partial charge in [0.25, 0.3) is 5.69 Å². The Morgan fingerprint density at radius 1 is 0.979 bits per heavy atom. The molecule has 47 heavy (non-hydrogen) atoms. The molecule has 248 valence electrons. The predicted octanol–water partition coefficient (Wildman–Crippen LogP) is 5.68. The highest BCUT2D eigenvalue weighted by Gasteiger charge is 2.56. The van der Waals surface area contributed by atoms with Gasteiger partial charge in [0, 0.05) is 48.4 Å². The smallest absolute Gasteiger partial charge is 0.336 e. The molecule has 2 aliphatic heterocycles. The number of non-ortho nitro benzene ring substituents is 1. The molecule has 1 saturated heterocycles. The second-order valence-electron chi connectivity index (χ2n) is 12.5. The van der Waals surface area contributed by atoms with Gasteiger partial charge >= 0.3 is 11.9 Å². The minimum Gasteiger partial charge on any atom is -0.481 e. The fraction of sp³-hybridized carbons (Fsp3) is 0.405. The number of carboxylic acids is 1. The predicted molar refractivity (Wildman–Crippen MR) is 178 cm³/mol. The number of nitro benzene ring substituents is 1.